The molecule has 1 aliphatic rings. The number of hydrogen-bond donors (Lipinski definition) is 0. The maximum atomic E-state index is 11.5. The number of azide groups is 1. The van der Waals surface area contributed by atoms with Crippen LogP contribution in [0.25, 0.3) is 20.9 Å². The van der Waals surface area contributed by atoms with Crippen LogP contribution in [-0.4, -0.2) is 20.0 Å². The normalized spacial score (nSPS) is 12.7. The maximum absolute atomic E-state index is 11.5. The fraction of sp³-hybridized carbons (Fsp3) is 0.0909. The van der Waals surface area contributed by atoms with Gasteiger partial charge in [0.2, 0.25) is 0 Å². The molecule has 1 aromatic carbocycles. The molecule has 0 amide bonds. The molecule has 0 aliphatic heterocycles. The van der Waals surface area contributed by atoms with Gasteiger partial charge in [-0.3, -0.25) is 9.59 Å². The van der Waals surface area contributed by atoms with Gasteiger partial charge in [-0.2, -0.15) is 0 Å². The van der Waals surface area contributed by atoms with Crippen molar-refractivity contribution in [1.29, 1.82) is 0 Å². The van der Waals surface area contributed by atoms with Crippen LogP contribution in [0, 0.1) is 0 Å². The van der Waals surface area contributed by atoms with Crippen molar-refractivity contribution in [2.24, 2.45) is 9.04 Å². The van der Waals surface area contributed by atoms with Crippen molar-refractivity contribution in [3.05, 3.63) is 67.9 Å². The summed E-state index contributed by atoms with van der Waals surface area (Å²) in [7, 11) is -4.27. The van der Waals surface area contributed by atoms with Crippen LogP contribution in [0.15, 0.2) is 45.0 Å². The van der Waals surface area contributed by atoms with E-state index in [0.29, 0.717) is 16.7 Å². The molecule has 0 N–H and O–H groups in total. The van der Waals surface area contributed by atoms with Gasteiger partial charge in [-0.05, 0) is 24.1 Å². The van der Waals surface area contributed by atoms with E-state index in [4.69, 9.17) is 11.1 Å². The van der Waals surface area contributed by atoms with Crippen molar-refractivity contribution in [2.75, 3.05) is 0 Å². The van der Waals surface area contributed by atoms with Crippen molar-refractivity contribution < 1.29 is 18.0 Å². The van der Waals surface area contributed by atoms with Crippen LogP contribution in [0.4, 0.5) is 0 Å². The largest absolute Gasteiger partial charge is 0.321 e. The van der Waals surface area contributed by atoms with E-state index in [9.17, 15) is 18.0 Å². The van der Waals surface area contributed by atoms with Crippen molar-refractivity contribution in [3.8, 4) is 0 Å². The van der Waals surface area contributed by atoms with Gasteiger partial charge < -0.3 is 0 Å². The highest BCUT2D eigenvalue weighted by Gasteiger charge is 2.21. The molecule has 22 heavy (non-hydrogen) atoms. The lowest BCUT2D eigenvalue weighted by atomic mass is 9.90. The van der Waals surface area contributed by atoms with Crippen LogP contribution in [0.2, 0.25) is 0 Å². The minimum absolute atomic E-state index is 0.0461. The Morgan fingerprint density at radius 3 is 2.00 bits per heavy atom. The first-order valence-corrected chi connectivity index (χ1v) is 6.96. The molecular formula is C11H8N6O4S. The SMILES string of the molecule is CC1=CC(=O)c2ccccc2C1=O.[N-]=[N+]=NS(=O)(=O)N=[N+]=[N-]. The van der Waals surface area contributed by atoms with E-state index in [2.05, 4.69) is 9.04 Å². The van der Waals surface area contributed by atoms with E-state index in [1.807, 2.05) is 9.82 Å². The lowest BCUT2D eigenvalue weighted by molar-refractivity contribution is 0.0984. The Hall–Kier alpha value is -3.13. The van der Waals surface area contributed by atoms with Crippen molar-refractivity contribution >= 4 is 21.8 Å². The third kappa shape index (κ3) is 4.18. The van der Waals surface area contributed by atoms with E-state index in [0.717, 1.165) is 0 Å². The molecule has 0 saturated heterocycles. The van der Waals surface area contributed by atoms with E-state index in [-0.39, 0.29) is 11.6 Å². The first kappa shape index (κ1) is 16.9. The van der Waals surface area contributed by atoms with Gasteiger partial charge in [0.25, 0.3) is 0 Å². The number of benzene rings is 1. The predicted molar refractivity (Wildman–Crippen MR) is 76.1 cm³/mol. The second-order valence-electron chi connectivity index (χ2n) is 3.86. The summed E-state index contributed by atoms with van der Waals surface area (Å²) in [5, 5.41) is 0. The number of carbonyl (C=O) groups excluding carboxylic acids is 2. The molecule has 112 valence electrons. The second kappa shape index (κ2) is 7.04. The number of rotatable bonds is 2. The summed E-state index contributed by atoms with van der Waals surface area (Å²) >= 11 is 0. The summed E-state index contributed by atoms with van der Waals surface area (Å²) in [6.07, 6.45) is 1.39. The number of hydrogen-bond acceptors (Lipinski definition) is 4. The maximum Gasteiger partial charge on any atom is 0.321 e. The van der Waals surface area contributed by atoms with Crippen molar-refractivity contribution in [1.82, 2.24) is 0 Å². The number of nitrogens with zero attached hydrogens (tertiary/aromatic N) is 6. The van der Waals surface area contributed by atoms with Gasteiger partial charge in [-0.1, -0.05) is 24.3 Å². The lowest BCUT2D eigenvalue weighted by Gasteiger charge is -2.11. The fourth-order valence-electron chi connectivity index (χ4n) is 1.56. The summed E-state index contributed by atoms with van der Waals surface area (Å²) in [5.74, 6) is -0.122. The number of Topliss-reactive ketones (excluding diaryl/α,β-unsaturated/α-hetero) is 1. The molecule has 1 aromatic rings. The lowest BCUT2D eigenvalue weighted by Crippen LogP contribution is -2.14. The smallest absolute Gasteiger partial charge is 0.289 e. The van der Waals surface area contributed by atoms with Crippen LogP contribution in [0.3, 0.4) is 0 Å². The average Bonchev–Trinajstić information content (AvgIpc) is 2.45. The zero-order chi connectivity index (χ0) is 16.8. The first-order valence-electron chi connectivity index (χ1n) is 5.56. The fourth-order valence-corrected chi connectivity index (χ4v) is 1.77. The number of ketones is 2. The molecule has 0 spiro atoms. The minimum atomic E-state index is -4.27. The summed E-state index contributed by atoms with van der Waals surface area (Å²) in [4.78, 5) is 26.8. The van der Waals surface area contributed by atoms with Crippen LogP contribution in [0.1, 0.15) is 27.6 Å². The molecule has 10 nitrogen and oxygen atoms in total. The van der Waals surface area contributed by atoms with Crippen LogP contribution in [0.5, 0.6) is 0 Å². The summed E-state index contributed by atoms with van der Waals surface area (Å²) in [5.41, 5.74) is 16.6. The molecule has 0 bridgehead atoms. The number of allylic oxidation sites excluding steroid dienone is 2. The Morgan fingerprint density at radius 1 is 1.00 bits per heavy atom. The first-order chi connectivity index (χ1) is 10.3. The van der Waals surface area contributed by atoms with E-state index in [1.54, 1.807) is 31.2 Å². The monoisotopic (exact) mass is 320 g/mol. The minimum Gasteiger partial charge on any atom is -0.289 e. The van der Waals surface area contributed by atoms with Gasteiger partial charge in [0, 0.05) is 35.6 Å². The molecule has 0 saturated carbocycles. The quantitative estimate of drug-likeness (QED) is 0.464. The standard InChI is InChI=1S/C11H8O2.N6O2S/c1-7-6-10(12)8-4-2-3-5-9(8)11(7)13;1-3-5-9(7,8)6-4-2/h2-6H,1H3;. The van der Waals surface area contributed by atoms with Gasteiger partial charge in [0.1, 0.15) is 0 Å². The van der Waals surface area contributed by atoms with Gasteiger partial charge in [0.15, 0.2) is 11.6 Å². The Bertz CT molecular complexity index is 836. The Balaban J connectivity index is 0.000000239. The van der Waals surface area contributed by atoms with Crippen molar-refractivity contribution in [3.63, 3.8) is 0 Å². The van der Waals surface area contributed by atoms with Gasteiger partial charge >= 0.3 is 10.2 Å². The predicted octanol–water partition coefficient (Wildman–Crippen LogP) is 2.86. The zero-order valence-corrected chi connectivity index (χ0v) is 11.9. The zero-order valence-electron chi connectivity index (χ0n) is 11.1. The number of fused-ring (bicyclic) bond motifs is 1. The highest BCUT2D eigenvalue weighted by molar-refractivity contribution is 7.88. The molecule has 11 heteroatoms. The molecule has 2 rings (SSSR count). The van der Waals surface area contributed by atoms with E-state index >= 15 is 0 Å². The Morgan fingerprint density at radius 2 is 1.50 bits per heavy atom. The Kier molecular flexibility index (Phi) is 5.42. The third-order valence-electron chi connectivity index (χ3n) is 2.42. The van der Waals surface area contributed by atoms with E-state index < -0.39 is 10.2 Å². The van der Waals surface area contributed by atoms with E-state index in [1.165, 1.54) is 6.08 Å². The van der Waals surface area contributed by atoms with Gasteiger partial charge in [-0.25, -0.2) is 8.42 Å². The average molecular weight is 320 g/mol. The highest BCUT2D eigenvalue weighted by Crippen LogP contribution is 2.20. The van der Waals surface area contributed by atoms with Crippen molar-refractivity contribution in [2.45, 2.75) is 6.92 Å². The molecular weight excluding hydrogens is 312 g/mol. The molecule has 0 aromatic heterocycles. The van der Waals surface area contributed by atoms with Gasteiger partial charge in [0.05, 0.1) is 0 Å². The van der Waals surface area contributed by atoms with Crippen LogP contribution in [-0.2, 0) is 10.2 Å². The second-order valence-corrected chi connectivity index (χ2v) is 5.08. The Labute approximate surface area is 124 Å². The molecule has 0 heterocycles. The molecule has 0 radical (unpaired) electrons. The molecule has 0 unspecified atom stereocenters. The van der Waals surface area contributed by atoms with Crippen LogP contribution >= 0.6 is 0 Å². The molecule has 0 fully saturated rings. The third-order valence-corrected chi connectivity index (χ3v) is 2.98. The summed E-state index contributed by atoms with van der Waals surface area (Å²) < 4.78 is 24.3. The molecule has 1 aliphatic carbocycles. The topological polar surface area (TPSA) is 166 Å². The van der Waals surface area contributed by atoms with Gasteiger partial charge in [-0.15, -0.1) is 0 Å². The number of carbonyl (C=O) groups is 2. The summed E-state index contributed by atoms with van der Waals surface area (Å²) in [6.45, 7) is 1.66. The summed E-state index contributed by atoms with van der Waals surface area (Å²) in [6, 6.07) is 6.89. The van der Waals surface area contributed by atoms with Crippen LogP contribution < -0.4 is 0 Å². The highest BCUT2D eigenvalue weighted by atomic mass is 32.2. The molecule has 0 atom stereocenters.